The number of rotatable bonds is 3. The summed E-state index contributed by atoms with van der Waals surface area (Å²) in [4.78, 5) is 4.64. The molecule has 136 valence electrons. The maximum absolute atomic E-state index is 12.6. The second-order valence-electron chi connectivity index (χ2n) is 6.88. The minimum atomic E-state index is 0.145. The van der Waals surface area contributed by atoms with Crippen LogP contribution in [0.15, 0.2) is 54.7 Å². The van der Waals surface area contributed by atoms with E-state index in [-0.39, 0.29) is 6.04 Å². The van der Waals surface area contributed by atoms with E-state index in [9.17, 15) is 5.21 Å². The Morgan fingerprint density at radius 1 is 1.22 bits per heavy atom. The van der Waals surface area contributed by atoms with Gasteiger partial charge in [0.15, 0.2) is 5.52 Å². The average molecular weight is 361 g/mol. The zero-order valence-corrected chi connectivity index (χ0v) is 15.0. The lowest BCUT2D eigenvalue weighted by Gasteiger charge is -2.23. The number of aromatic nitrogens is 3. The van der Waals surface area contributed by atoms with Gasteiger partial charge >= 0.3 is 0 Å². The van der Waals surface area contributed by atoms with Gasteiger partial charge in [-0.2, -0.15) is 4.73 Å². The maximum Gasteiger partial charge on any atom is 0.229 e. The van der Waals surface area contributed by atoms with Crippen LogP contribution in [-0.4, -0.2) is 16.2 Å². The molecule has 2 aromatic carbocycles. The fourth-order valence-electron chi connectivity index (χ4n) is 3.79. The highest BCUT2D eigenvalue weighted by atomic mass is 16.5. The molecule has 6 nitrogen and oxygen atoms in total. The second kappa shape index (κ2) is 6.25. The molecule has 0 radical (unpaired) electrons. The van der Waals surface area contributed by atoms with E-state index in [2.05, 4.69) is 16.5 Å². The molecule has 0 fully saturated rings. The number of pyridine rings is 1. The van der Waals surface area contributed by atoms with Gasteiger partial charge in [-0.25, -0.2) is 4.98 Å². The first-order valence-electron chi connectivity index (χ1n) is 9.02. The molecule has 1 unspecified atom stereocenters. The van der Waals surface area contributed by atoms with Gasteiger partial charge in [0.2, 0.25) is 11.7 Å². The van der Waals surface area contributed by atoms with Crippen molar-refractivity contribution in [1.82, 2.24) is 9.55 Å². The van der Waals surface area contributed by atoms with E-state index in [0.29, 0.717) is 36.6 Å². The molecular formula is C21H19N3O3. The van der Waals surface area contributed by atoms with Gasteiger partial charge in [-0.1, -0.05) is 36.4 Å². The average Bonchev–Trinajstić information content (AvgIpc) is 3.06. The van der Waals surface area contributed by atoms with Gasteiger partial charge in [0.25, 0.3) is 0 Å². The maximum atomic E-state index is 12.6. The summed E-state index contributed by atoms with van der Waals surface area (Å²) in [6.45, 7) is 3.61. The molecule has 2 aromatic heterocycles. The minimum absolute atomic E-state index is 0.145. The van der Waals surface area contributed by atoms with Gasteiger partial charge in [-0.3, -0.25) is 0 Å². The van der Waals surface area contributed by atoms with Crippen molar-refractivity contribution in [3.63, 3.8) is 0 Å². The van der Waals surface area contributed by atoms with Crippen LogP contribution in [0.2, 0.25) is 0 Å². The molecule has 6 heteroatoms. The van der Waals surface area contributed by atoms with Gasteiger partial charge in [0, 0.05) is 6.07 Å². The normalized spacial score (nSPS) is 16.6. The first-order valence-corrected chi connectivity index (χ1v) is 9.02. The van der Waals surface area contributed by atoms with E-state index < -0.39 is 0 Å². The predicted molar refractivity (Wildman–Crippen MR) is 101 cm³/mol. The molecule has 1 aliphatic heterocycles. The number of hydrogen-bond acceptors (Lipinski definition) is 4. The fourth-order valence-corrected chi connectivity index (χ4v) is 3.79. The summed E-state index contributed by atoms with van der Waals surface area (Å²) in [7, 11) is 0. The lowest BCUT2D eigenvalue weighted by Crippen LogP contribution is -2.27. The predicted octanol–water partition coefficient (Wildman–Crippen LogP) is 3.49. The molecule has 27 heavy (non-hydrogen) atoms. The zero-order valence-electron chi connectivity index (χ0n) is 15.0. The molecule has 3 heterocycles. The number of fused-ring (bicyclic) bond motifs is 5. The molecule has 0 bridgehead atoms. The van der Waals surface area contributed by atoms with Crippen LogP contribution in [0.5, 0.6) is 5.75 Å². The van der Waals surface area contributed by atoms with Gasteiger partial charge in [0.05, 0.1) is 18.2 Å². The number of imidazole rings is 1. The topological polar surface area (TPSA) is 63.2 Å². The van der Waals surface area contributed by atoms with Gasteiger partial charge in [0.1, 0.15) is 30.2 Å². The SMILES string of the molecule is CC1COCc2nc3c[n+]([O-])c4cccc(OCc5ccccc5)c4c3n21. The van der Waals surface area contributed by atoms with Crippen LogP contribution in [0, 0.1) is 5.21 Å². The molecular weight excluding hydrogens is 342 g/mol. The summed E-state index contributed by atoms with van der Waals surface area (Å²) in [5, 5.41) is 13.4. The number of hydrogen-bond donors (Lipinski definition) is 0. The Hall–Kier alpha value is -3.12. The molecule has 5 rings (SSSR count). The van der Waals surface area contributed by atoms with Gasteiger partial charge in [-0.05, 0) is 18.6 Å². The highest BCUT2D eigenvalue weighted by Gasteiger charge is 2.26. The summed E-state index contributed by atoms with van der Waals surface area (Å²) in [5.41, 5.74) is 3.26. The van der Waals surface area contributed by atoms with Gasteiger partial charge in [-0.15, -0.1) is 0 Å². The van der Waals surface area contributed by atoms with Crippen LogP contribution in [0.4, 0.5) is 0 Å². The van der Waals surface area contributed by atoms with Crippen molar-refractivity contribution in [2.75, 3.05) is 6.61 Å². The summed E-state index contributed by atoms with van der Waals surface area (Å²) >= 11 is 0. The van der Waals surface area contributed by atoms with Crippen LogP contribution in [0.1, 0.15) is 24.4 Å². The van der Waals surface area contributed by atoms with E-state index in [4.69, 9.17) is 9.47 Å². The van der Waals surface area contributed by atoms with Crippen LogP contribution in [0.25, 0.3) is 21.9 Å². The third-order valence-electron chi connectivity index (χ3n) is 5.00. The van der Waals surface area contributed by atoms with Crippen molar-refractivity contribution in [2.45, 2.75) is 26.2 Å². The highest BCUT2D eigenvalue weighted by molar-refractivity contribution is 6.04. The number of benzene rings is 2. The Balaban J connectivity index is 1.72. The van der Waals surface area contributed by atoms with Crippen LogP contribution >= 0.6 is 0 Å². The van der Waals surface area contributed by atoms with E-state index >= 15 is 0 Å². The van der Waals surface area contributed by atoms with Crippen LogP contribution in [-0.2, 0) is 18.0 Å². The van der Waals surface area contributed by atoms with Crippen LogP contribution in [0.3, 0.4) is 0 Å². The van der Waals surface area contributed by atoms with Crippen LogP contribution < -0.4 is 9.47 Å². The standard InChI is InChI=1S/C21H19N3O3/c1-14-11-26-13-19-22-16-10-23(25)17-8-5-9-18(20(17)21(16)24(14)19)27-12-15-6-3-2-4-7-15/h2-10,14H,11-13H2,1H3. The Kier molecular flexibility index (Phi) is 3.72. The minimum Gasteiger partial charge on any atom is -0.618 e. The smallest absolute Gasteiger partial charge is 0.229 e. The molecule has 1 atom stereocenters. The van der Waals surface area contributed by atoms with Crippen molar-refractivity contribution in [3.8, 4) is 5.75 Å². The van der Waals surface area contributed by atoms with Crippen molar-refractivity contribution >= 4 is 21.9 Å². The Morgan fingerprint density at radius 3 is 2.93 bits per heavy atom. The summed E-state index contributed by atoms with van der Waals surface area (Å²) in [5.74, 6) is 1.53. The fraction of sp³-hybridized carbons (Fsp3) is 0.238. The molecule has 0 saturated heterocycles. The summed E-state index contributed by atoms with van der Waals surface area (Å²) < 4.78 is 14.8. The lowest BCUT2D eigenvalue weighted by atomic mass is 10.1. The van der Waals surface area contributed by atoms with Crippen molar-refractivity contribution in [1.29, 1.82) is 0 Å². The largest absolute Gasteiger partial charge is 0.618 e. The molecule has 0 aliphatic carbocycles. The highest BCUT2D eigenvalue weighted by Crippen LogP contribution is 2.35. The third kappa shape index (κ3) is 2.61. The summed E-state index contributed by atoms with van der Waals surface area (Å²) in [6.07, 6.45) is 1.54. The molecule has 0 amide bonds. The lowest BCUT2D eigenvalue weighted by molar-refractivity contribution is -0.575. The second-order valence-corrected chi connectivity index (χ2v) is 6.88. The first-order chi connectivity index (χ1) is 13.2. The Morgan fingerprint density at radius 2 is 2.07 bits per heavy atom. The molecule has 0 spiro atoms. The number of nitrogens with zero attached hydrogens (tertiary/aromatic N) is 3. The quantitative estimate of drug-likeness (QED) is 0.414. The van der Waals surface area contributed by atoms with E-state index in [1.54, 1.807) is 0 Å². The molecule has 1 aliphatic rings. The molecule has 4 aromatic rings. The Bertz CT molecular complexity index is 1140. The van der Waals surface area contributed by atoms with Crippen molar-refractivity contribution < 1.29 is 14.2 Å². The zero-order chi connectivity index (χ0) is 18.4. The molecule has 0 saturated carbocycles. The van der Waals surface area contributed by atoms with Gasteiger partial charge < -0.3 is 19.2 Å². The number of ether oxygens (including phenoxy) is 2. The first kappa shape index (κ1) is 16.1. The third-order valence-corrected chi connectivity index (χ3v) is 5.00. The summed E-state index contributed by atoms with van der Waals surface area (Å²) in [6, 6.07) is 15.7. The van der Waals surface area contributed by atoms with Crippen molar-refractivity contribution in [2.24, 2.45) is 0 Å². The monoisotopic (exact) mass is 361 g/mol. The van der Waals surface area contributed by atoms with E-state index in [1.165, 1.54) is 6.20 Å². The van der Waals surface area contributed by atoms with E-state index in [1.807, 2.05) is 48.5 Å². The Labute approximate surface area is 156 Å². The van der Waals surface area contributed by atoms with E-state index in [0.717, 1.165) is 27.0 Å². The van der Waals surface area contributed by atoms with Crippen molar-refractivity contribution in [3.05, 3.63) is 71.3 Å². The molecule has 0 N–H and O–H groups in total.